The van der Waals surface area contributed by atoms with E-state index < -0.39 is 0 Å². The molecular formula is C14H14N4OS. The van der Waals surface area contributed by atoms with Crippen LogP contribution in [0.15, 0.2) is 34.9 Å². The van der Waals surface area contributed by atoms with E-state index in [0.29, 0.717) is 11.7 Å². The minimum Gasteiger partial charge on any atom is -0.332 e. The van der Waals surface area contributed by atoms with Crippen molar-refractivity contribution < 1.29 is 4.52 Å². The van der Waals surface area contributed by atoms with Crippen LogP contribution in [0.1, 0.15) is 11.4 Å². The second-order valence-corrected chi connectivity index (χ2v) is 5.35. The molecule has 0 saturated heterocycles. The average molecular weight is 286 g/mol. The fourth-order valence-corrected chi connectivity index (χ4v) is 2.23. The molecule has 0 unspecified atom stereocenters. The molecule has 1 aromatic carbocycles. The molecule has 0 aliphatic heterocycles. The van der Waals surface area contributed by atoms with Crippen molar-refractivity contribution in [1.29, 1.82) is 0 Å². The molecule has 0 aliphatic carbocycles. The molecule has 0 spiro atoms. The number of aryl methyl sites for hydroxylation is 1. The monoisotopic (exact) mass is 286 g/mol. The lowest BCUT2D eigenvalue weighted by Gasteiger charge is -1.95. The van der Waals surface area contributed by atoms with Gasteiger partial charge in [-0.3, -0.25) is 5.10 Å². The van der Waals surface area contributed by atoms with Gasteiger partial charge in [0.25, 0.3) is 5.89 Å². The summed E-state index contributed by atoms with van der Waals surface area (Å²) in [6, 6.07) is 10.1. The Kier molecular flexibility index (Phi) is 3.56. The Labute approximate surface area is 120 Å². The van der Waals surface area contributed by atoms with E-state index in [1.165, 1.54) is 5.56 Å². The topological polar surface area (TPSA) is 67.6 Å². The molecule has 5 nitrogen and oxygen atoms in total. The minimum atomic E-state index is 0.472. The number of benzene rings is 1. The van der Waals surface area contributed by atoms with Crippen LogP contribution in [0.5, 0.6) is 0 Å². The number of hydrogen-bond donors (Lipinski definition) is 1. The van der Waals surface area contributed by atoms with Crippen LogP contribution >= 0.6 is 11.8 Å². The summed E-state index contributed by atoms with van der Waals surface area (Å²) in [4.78, 5) is 4.32. The number of aromatic nitrogens is 4. The van der Waals surface area contributed by atoms with E-state index in [0.717, 1.165) is 22.7 Å². The third-order valence-corrected chi connectivity index (χ3v) is 3.44. The quantitative estimate of drug-likeness (QED) is 0.797. The molecule has 0 atom stereocenters. The zero-order chi connectivity index (χ0) is 13.9. The van der Waals surface area contributed by atoms with E-state index in [1.54, 1.807) is 11.8 Å². The van der Waals surface area contributed by atoms with Crippen LogP contribution in [-0.2, 0) is 5.75 Å². The zero-order valence-corrected chi connectivity index (χ0v) is 12.1. The van der Waals surface area contributed by atoms with E-state index >= 15 is 0 Å². The van der Waals surface area contributed by atoms with E-state index in [2.05, 4.69) is 39.4 Å². The van der Waals surface area contributed by atoms with Gasteiger partial charge in [-0.15, -0.1) is 0 Å². The van der Waals surface area contributed by atoms with Crippen LogP contribution in [0.4, 0.5) is 0 Å². The molecule has 0 bridgehead atoms. The van der Waals surface area contributed by atoms with Gasteiger partial charge in [0, 0.05) is 5.56 Å². The van der Waals surface area contributed by atoms with Gasteiger partial charge in [0.1, 0.15) is 5.69 Å². The van der Waals surface area contributed by atoms with Crippen molar-refractivity contribution in [2.45, 2.75) is 12.7 Å². The van der Waals surface area contributed by atoms with E-state index in [9.17, 15) is 0 Å². The third kappa shape index (κ3) is 2.60. The second-order valence-electron chi connectivity index (χ2n) is 4.48. The van der Waals surface area contributed by atoms with E-state index in [4.69, 9.17) is 4.52 Å². The van der Waals surface area contributed by atoms with Crippen molar-refractivity contribution in [3.05, 3.63) is 41.7 Å². The Bertz CT molecular complexity index is 702. The van der Waals surface area contributed by atoms with E-state index in [-0.39, 0.29) is 0 Å². The lowest BCUT2D eigenvalue weighted by Crippen LogP contribution is -1.82. The van der Waals surface area contributed by atoms with Gasteiger partial charge in [-0.05, 0) is 19.2 Å². The van der Waals surface area contributed by atoms with Crippen LogP contribution in [0.2, 0.25) is 0 Å². The fourth-order valence-electron chi connectivity index (χ4n) is 1.85. The van der Waals surface area contributed by atoms with Crippen molar-refractivity contribution in [2.24, 2.45) is 0 Å². The highest BCUT2D eigenvalue weighted by Gasteiger charge is 2.12. The van der Waals surface area contributed by atoms with Gasteiger partial charge >= 0.3 is 0 Å². The predicted molar refractivity (Wildman–Crippen MR) is 79.3 cm³/mol. The summed E-state index contributed by atoms with van der Waals surface area (Å²) < 4.78 is 5.23. The van der Waals surface area contributed by atoms with E-state index in [1.807, 2.05) is 24.5 Å². The third-order valence-electron chi connectivity index (χ3n) is 2.90. The number of rotatable bonds is 4. The highest BCUT2D eigenvalue weighted by molar-refractivity contribution is 7.97. The van der Waals surface area contributed by atoms with Crippen LogP contribution in [0, 0.1) is 6.92 Å². The van der Waals surface area contributed by atoms with Crippen LogP contribution in [-0.4, -0.2) is 26.6 Å². The number of nitrogens with one attached hydrogen (secondary N) is 1. The molecule has 0 radical (unpaired) electrons. The molecule has 1 N–H and O–H groups in total. The molecule has 3 aromatic rings. The molecule has 102 valence electrons. The molecule has 2 heterocycles. The fraction of sp³-hybridized carbons (Fsp3) is 0.214. The molecule has 0 saturated carbocycles. The largest absolute Gasteiger partial charge is 0.332 e. The smallest absolute Gasteiger partial charge is 0.275 e. The first-order chi connectivity index (χ1) is 9.76. The molecule has 6 heteroatoms. The maximum atomic E-state index is 5.23. The number of H-pyrrole nitrogens is 1. The average Bonchev–Trinajstić information content (AvgIpc) is 3.08. The van der Waals surface area contributed by atoms with Gasteiger partial charge in [0.15, 0.2) is 5.82 Å². The summed E-state index contributed by atoms with van der Waals surface area (Å²) in [7, 11) is 0. The number of thioether (sulfide) groups is 1. The molecule has 2 aromatic heterocycles. The summed E-state index contributed by atoms with van der Waals surface area (Å²) in [5, 5.41) is 11.1. The molecular weight excluding hydrogens is 272 g/mol. The summed E-state index contributed by atoms with van der Waals surface area (Å²) in [6.45, 7) is 2.06. The van der Waals surface area contributed by atoms with Gasteiger partial charge < -0.3 is 4.52 Å². The number of hydrogen-bond acceptors (Lipinski definition) is 5. The first-order valence-electron chi connectivity index (χ1n) is 6.20. The highest BCUT2D eigenvalue weighted by atomic mass is 32.2. The highest BCUT2D eigenvalue weighted by Crippen LogP contribution is 2.23. The van der Waals surface area contributed by atoms with Crippen molar-refractivity contribution in [3.63, 3.8) is 0 Å². The molecule has 0 aliphatic rings. The van der Waals surface area contributed by atoms with Crippen molar-refractivity contribution in [2.75, 3.05) is 6.26 Å². The summed E-state index contributed by atoms with van der Waals surface area (Å²) in [6.07, 6.45) is 2.00. The Morgan fingerprint density at radius 2 is 2.05 bits per heavy atom. The van der Waals surface area contributed by atoms with Gasteiger partial charge in [-0.25, -0.2) is 0 Å². The maximum absolute atomic E-state index is 5.23. The molecule has 0 amide bonds. The van der Waals surface area contributed by atoms with Gasteiger partial charge in [-0.1, -0.05) is 35.0 Å². The normalized spacial score (nSPS) is 10.9. The lowest BCUT2D eigenvalue weighted by molar-refractivity contribution is 0.424. The lowest BCUT2D eigenvalue weighted by atomic mass is 10.1. The van der Waals surface area contributed by atoms with Crippen LogP contribution in [0.3, 0.4) is 0 Å². The SMILES string of the molecule is CSCc1noc(-c2cc(-c3ccc(C)cc3)n[nH]2)n1. The Morgan fingerprint density at radius 3 is 2.80 bits per heavy atom. The minimum absolute atomic E-state index is 0.472. The first kappa shape index (κ1) is 12.9. The summed E-state index contributed by atoms with van der Waals surface area (Å²) in [5.74, 6) is 1.90. The Hall–Kier alpha value is -2.08. The summed E-state index contributed by atoms with van der Waals surface area (Å²) in [5.41, 5.74) is 3.88. The van der Waals surface area contributed by atoms with Crippen molar-refractivity contribution >= 4 is 11.8 Å². The summed E-state index contributed by atoms with van der Waals surface area (Å²) >= 11 is 1.66. The van der Waals surface area contributed by atoms with Crippen LogP contribution < -0.4 is 0 Å². The molecule has 0 fully saturated rings. The molecule has 3 rings (SSSR count). The zero-order valence-electron chi connectivity index (χ0n) is 11.3. The van der Waals surface area contributed by atoms with Gasteiger partial charge in [0.2, 0.25) is 0 Å². The number of aromatic amines is 1. The standard InChI is InChI=1S/C14H14N4OS/c1-9-3-5-10(6-4-9)11-7-12(17-16-11)14-15-13(8-20-2)18-19-14/h3-7H,8H2,1-2H3,(H,16,17). The van der Waals surface area contributed by atoms with Gasteiger partial charge in [-0.2, -0.15) is 21.8 Å². The Morgan fingerprint density at radius 1 is 1.25 bits per heavy atom. The van der Waals surface area contributed by atoms with Crippen molar-refractivity contribution in [3.8, 4) is 22.8 Å². The Balaban J connectivity index is 1.87. The van der Waals surface area contributed by atoms with Crippen LogP contribution in [0.25, 0.3) is 22.8 Å². The molecule has 20 heavy (non-hydrogen) atoms. The second kappa shape index (κ2) is 5.50. The first-order valence-corrected chi connectivity index (χ1v) is 7.60. The van der Waals surface area contributed by atoms with Crippen molar-refractivity contribution in [1.82, 2.24) is 20.3 Å². The predicted octanol–water partition coefficient (Wildman–Crippen LogP) is 3.30. The maximum Gasteiger partial charge on any atom is 0.275 e. The number of nitrogens with zero attached hydrogens (tertiary/aromatic N) is 3. The van der Waals surface area contributed by atoms with Gasteiger partial charge in [0.05, 0.1) is 11.4 Å².